The van der Waals surface area contributed by atoms with Gasteiger partial charge in [0, 0.05) is 24.5 Å². The molecule has 0 radical (unpaired) electrons. The van der Waals surface area contributed by atoms with E-state index in [9.17, 15) is 13.2 Å². The molecule has 1 aromatic rings. The van der Waals surface area contributed by atoms with Crippen LogP contribution in [0.2, 0.25) is 0 Å². The summed E-state index contributed by atoms with van der Waals surface area (Å²) < 4.78 is 37.2. The third kappa shape index (κ3) is 5.87. The summed E-state index contributed by atoms with van der Waals surface area (Å²) in [7, 11) is 0. The fraction of sp³-hybridized carbons (Fsp3) is 0.667. The Balaban J connectivity index is 1.68. The average molecular weight is 318 g/mol. The number of hydrogen-bond acceptors (Lipinski definition) is 3. The number of aromatic nitrogens is 1. The van der Waals surface area contributed by atoms with E-state index in [0.717, 1.165) is 24.6 Å². The lowest BCUT2D eigenvalue weighted by Crippen LogP contribution is -2.30. The Morgan fingerprint density at radius 3 is 2.43 bits per heavy atom. The van der Waals surface area contributed by atoms with Crippen LogP contribution < -0.4 is 5.32 Å². The molecule has 118 valence electrons. The van der Waals surface area contributed by atoms with Crippen molar-refractivity contribution in [2.75, 3.05) is 12.3 Å². The molecule has 1 saturated carbocycles. The first-order valence-electron chi connectivity index (χ1n) is 7.45. The Labute approximate surface area is 127 Å². The van der Waals surface area contributed by atoms with Crippen LogP contribution in [-0.4, -0.2) is 23.3 Å². The van der Waals surface area contributed by atoms with Crippen molar-refractivity contribution in [3.8, 4) is 0 Å². The molecule has 1 aliphatic rings. The minimum Gasteiger partial charge on any atom is -0.313 e. The number of halogens is 3. The highest BCUT2D eigenvalue weighted by Crippen LogP contribution is 2.29. The van der Waals surface area contributed by atoms with Crippen LogP contribution in [0.5, 0.6) is 0 Å². The van der Waals surface area contributed by atoms with Crippen molar-refractivity contribution in [2.24, 2.45) is 0 Å². The first-order chi connectivity index (χ1) is 10.1. The largest absolute Gasteiger partial charge is 0.417 e. The van der Waals surface area contributed by atoms with E-state index >= 15 is 0 Å². The van der Waals surface area contributed by atoms with Crippen molar-refractivity contribution in [1.82, 2.24) is 10.3 Å². The molecule has 1 heterocycles. The van der Waals surface area contributed by atoms with E-state index in [4.69, 9.17) is 0 Å². The lowest BCUT2D eigenvalue weighted by atomic mass is 10.1. The first-order valence-corrected chi connectivity index (χ1v) is 8.44. The second-order valence-corrected chi connectivity index (χ2v) is 6.49. The zero-order valence-corrected chi connectivity index (χ0v) is 12.8. The first kappa shape index (κ1) is 16.6. The van der Waals surface area contributed by atoms with Crippen molar-refractivity contribution in [1.29, 1.82) is 0 Å². The molecular weight excluding hydrogens is 297 g/mol. The van der Waals surface area contributed by atoms with E-state index in [0.29, 0.717) is 11.1 Å². The molecule has 0 saturated heterocycles. The molecule has 1 aliphatic carbocycles. The molecule has 6 heteroatoms. The molecule has 0 amide bonds. The van der Waals surface area contributed by atoms with Crippen LogP contribution in [-0.2, 0) is 6.18 Å². The summed E-state index contributed by atoms with van der Waals surface area (Å²) in [5.74, 6) is 0.828. The topological polar surface area (TPSA) is 24.9 Å². The van der Waals surface area contributed by atoms with Gasteiger partial charge in [0.25, 0.3) is 0 Å². The van der Waals surface area contributed by atoms with Crippen LogP contribution >= 0.6 is 11.8 Å². The molecule has 1 aromatic heterocycles. The van der Waals surface area contributed by atoms with Crippen LogP contribution in [0.1, 0.15) is 44.1 Å². The third-order valence-electron chi connectivity index (χ3n) is 3.70. The van der Waals surface area contributed by atoms with Gasteiger partial charge in [-0.25, -0.2) is 4.98 Å². The van der Waals surface area contributed by atoms with E-state index in [-0.39, 0.29) is 0 Å². The summed E-state index contributed by atoms with van der Waals surface area (Å²) in [5.41, 5.74) is -0.691. The summed E-state index contributed by atoms with van der Waals surface area (Å²) in [6, 6.07) is 3.14. The van der Waals surface area contributed by atoms with Crippen LogP contribution in [0.3, 0.4) is 0 Å². The summed E-state index contributed by atoms with van der Waals surface area (Å²) in [5, 5.41) is 4.18. The van der Waals surface area contributed by atoms with Crippen LogP contribution in [0, 0.1) is 0 Å². The Bertz CT molecular complexity index is 412. The number of alkyl halides is 3. The van der Waals surface area contributed by atoms with Crippen molar-refractivity contribution in [2.45, 2.75) is 55.8 Å². The van der Waals surface area contributed by atoms with E-state index in [1.54, 1.807) is 0 Å². The van der Waals surface area contributed by atoms with Gasteiger partial charge in [0.1, 0.15) is 0 Å². The molecule has 2 rings (SSSR count). The van der Waals surface area contributed by atoms with Gasteiger partial charge >= 0.3 is 6.18 Å². The molecule has 0 aliphatic heterocycles. The van der Waals surface area contributed by atoms with Gasteiger partial charge in [-0.15, -0.1) is 11.8 Å². The maximum Gasteiger partial charge on any atom is 0.417 e. The van der Waals surface area contributed by atoms with Gasteiger partial charge < -0.3 is 5.32 Å². The second-order valence-electron chi connectivity index (χ2n) is 5.37. The van der Waals surface area contributed by atoms with Crippen molar-refractivity contribution >= 4 is 11.8 Å². The Morgan fingerprint density at radius 2 is 1.86 bits per heavy atom. The monoisotopic (exact) mass is 318 g/mol. The smallest absolute Gasteiger partial charge is 0.313 e. The molecule has 0 spiro atoms. The van der Waals surface area contributed by atoms with Gasteiger partial charge in [0.15, 0.2) is 0 Å². The molecule has 0 atom stereocenters. The van der Waals surface area contributed by atoms with E-state index < -0.39 is 11.7 Å². The molecule has 2 nitrogen and oxygen atoms in total. The van der Waals surface area contributed by atoms with Gasteiger partial charge in [0.05, 0.1) is 10.6 Å². The van der Waals surface area contributed by atoms with Crippen molar-refractivity contribution < 1.29 is 13.2 Å². The highest BCUT2D eigenvalue weighted by atomic mass is 32.2. The van der Waals surface area contributed by atoms with E-state index in [1.807, 2.05) is 0 Å². The number of thioether (sulfide) groups is 1. The molecule has 21 heavy (non-hydrogen) atoms. The predicted octanol–water partition coefficient (Wildman–Crippen LogP) is 4.50. The zero-order chi connectivity index (χ0) is 15.1. The maximum absolute atomic E-state index is 12.4. The maximum atomic E-state index is 12.4. The Morgan fingerprint density at radius 1 is 1.14 bits per heavy atom. The number of rotatable bonds is 5. The Kier molecular flexibility index (Phi) is 6.36. The zero-order valence-electron chi connectivity index (χ0n) is 12.0. The third-order valence-corrected chi connectivity index (χ3v) is 4.65. The van der Waals surface area contributed by atoms with Crippen LogP contribution in [0.25, 0.3) is 0 Å². The summed E-state index contributed by atoms with van der Waals surface area (Å²) >= 11 is 1.49. The summed E-state index contributed by atoms with van der Waals surface area (Å²) in [6.07, 6.45) is 4.34. The van der Waals surface area contributed by atoms with E-state index in [2.05, 4.69) is 10.3 Å². The predicted molar refractivity (Wildman–Crippen MR) is 79.5 cm³/mol. The number of nitrogens with zero attached hydrogens (tertiary/aromatic N) is 1. The fourth-order valence-corrected chi connectivity index (χ4v) is 3.26. The number of nitrogens with one attached hydrogen (secondary N) is 1. The quantitative estimate of drug-likeness (QED) is 0.491. The lowest BCUT2D eigenvalue weighted by Gasteiger charge is -2.15. The molecule has 0 bridgehead atoms. The van der Waals surface area contributed by atoms with Gasteiger partial charge in [-0.2, -0.15) is 13.2 Å². The molecule has 1 N–H and O–H groups in total. The lowest BCUT2D eigenvalue weighted by molar-refractivity contribution is -0.137. The summed E-state index contributed by atoms with van der Waals surface area (Å²) in [6.45, 7) is 0.873. The molecular formula is C15H21F3N2S. The number of hydrogen-bond donors (Lipinski definition) is 1. The molecule has 0 aromatic carbocycles. The number of pyridine rings is 1. The second kappa shape index (κ2) is 8.03. The van der Waals surface area contributed by atoms with Gasteiger partial charge in [0.2, 0.25) is 0 Å². The fourth-order valence-electron chi connectivity index (χ4n) is 2.54. The Hall–Kier alpha value is -0.750. The standard InChI is InChI=1S/C15H21F3N2S/c16-15(17,18)12-7-8-14(20-11-12)21-10-9-19-13-5-3-1-2-4-6-13/h7-8,11,13,19H,1-6,9-10H2. The normalized spacial score (nSPS) is 17.7. The van der Waals surface area contributed by atoms with Crippen LogP contribution in [0.15, 0.2) is 23.4 Å². The highest BCUT2D eigenvalue weighted by Gasteiger charge is 2.30. The molecule has 1 fully saturated rings. The van der Waals surface area contributed by atoms with Gasteiger partial charge in [-0.1, -0.05) is 25.7 Å². The SMILES string of the molecule is FC(F)(F)c1ccc(SCCNC2CCCCCC2)nc1. The molecule has 0 unspecified atom stereocenters. The average Bonchev–Trinajstić information content (AvgIpc) is 2.72. The van der Waals surface area contributed by atoms with Gasteiger partial charge in [-0.3, -0.25) is 0 Å². The summed E-state index contributed by atoms with van der Waals surface area (Å²) in [4.78, 5) is 3.86. The van der Waals surface area contributed by atoms with E-state index in [1.165, 1.54) is 56.4 Å². The highest BCUT2D eigenvalue weighted by molar-refractivity contribution is 7.99. The van der Waals surface area contributed by atoms with Crippen LogP contribution in [0.4, 0.5) is 13.2 Å². The van der Waals surface area contributed by atoms with Crippen molar-refractivity contribution in [3.63, 3.8) is 0 Å². The van der Waals surface area contributed by atoms with Gasteiger partial charge in [-0.05, 0) is 25.0 Å². The minimum atomic E-state index is -4.31. The minimum absolute atomic E-state index is 0.605. The van der Waals surface area contributed by atoms with Crippen molar-refractivity contribution in [3.05, 3.63) is 23.9 Å².